The van der Waals surface area contributed by atoms with Crippen molar-refractivity contribution >= 4 is 16.7 Å². The van der Waals surface area contributed by atoms with Crippen LogP contribution in [0.4, 0.5) is 0 Å². The lowest BCUT2D eigenvalue weighted by atomic mass is 10.0. The summed E-state index contributed by atoms with van der Waals surface area (Å²) in [5.41, 5.74) is 0.164. The summed E-state index contributed by atoms with van der Waals surface area (Å²) in [5, 5.41) is 12.2. The highest BCUT2D eigenvalue weighted by Gasteiger charge is 2.21. The highest BCUT2D eigenvalue weighted by Crippen LogP contribution is 2.19. The Labute approximate surface area is 126 Å². The van der Waals surface area contributed by atoms with Gasteiger partial charge in [0.05, 0.1) is 12.0 Å². The molecule has 0 saturated carbocycles. The van der Waals surface area contributed by atoms with Crippen molar-refractivity contribution in [3.8, 4) is 0 Å². The van der Waals surface area contributed by atoms with Crippen LogP contribution in [0.25, 0.3) is 10.8 Å². The lowest BCUT2D eigenvalue weighted by Crippen LogP contribution is -2.42. The molecule has 0 unspecified atom stereocenters. The maximum atomic E-state index is 12.5. The minimum Gasteiger partial charge on any atom is -0.389 e. The molecule has 0 atom stereocenters. The number of hydrogen-bond donors (Lipinski definition) is 1. The predicted octanol–water partition coefficient (Wildman–Crippen LogP) is 3.00. The Bertz CT molecular complexity index is 623. The first-order valence-electron chi connectivity index (χ1n) is 7.37. The highest BCUT2D eigenvalue weighted by molar-refractivity contribution is 5.90. The van der Waals surface area contributed by atoms with Crippen LogP contribution in [0.2, 0.25) is 0 Å². The summed E-state index contributed by atoms with van der Waals surface area (Å²) in [6.45, 7) is 6.34. The first kappa shape index (κ1) is 15.5. The number of rotatable bonds is 5. The fourth-order valence-corrected chi connectivity index (χ4v) is 2.56. The second-order valence-electron chi connectivity index (χ2n) is 6.04. The van der Waals surface area contributed by atoms with Gasteiger partial charge in [0, 0.05) is 13.1 Å². The fourth-order valence-electron chi connectivity index (χ4n) is 2.56. The Morgan fingerprint density at radius 2 is 1.81 bits per heavy atom. The molecule has 1 amide bonds. The van der Waals surface area contributed by atoms with E-state index in [0.29, 0.717) is 19.5 Å². The molecule has 0 heterocycles. The molecule has 3 heteroatoms. The Balaban J connectivity index is 2.21. The van der Waals surface area contributed by atoms with Gasteiger partial charge in [-0.2, -0.15) is 0 Å². The maximum Gasteiger partial charge on any atom is 0.227 e. The van der Waals surface area contributed by atoms with Crippen molar-refractivity contribution in [1.82, 2.24) is 4.90 Å². The lowest BCUT2D eigenvalue weighted by Gasteiger charge is -2.28. The van der Waals surface area contributed by atoms with E-state index in [0.717, 1.165) is 16.3 Å². The van der Waals surface area contributed by atoms with Crippen LogP contribution in [-0.4, -0.2) is 34.6 Å². The first-order valence-corrected chi connectivity index (χ1v) is 7.37. The van der Waals surface area contributed by atoms with E-state index in [9.17, 15) is 9.90 Å². The number of carbonyl (C=O) groups is 1. The third kappa shape index (κ3) is 4.05. The number of hydrogen-bond acceptors (Lipinski definition) is 2. The topological polar surface area (TPSA) is 40.5 Å². The third-order valence-electron chi connectivity index (χ3n) is 3.53. The van der Waals surface area contributed by atoms with E-state index in [2.05, 4.69) is 12.1 Å². The van der Waals surface area contributed by atoms with Gasteiger partial charge < -0.3 is 10.0 Å². The monoisotopic (exact) mass is 285 g/mol. The highest BCUT2D eigenvalue weighted by atomic mass is 16.3. The Morgan fingerprint density at radius 1 is 1.14 bits per heavy atom. The van der Waals surface area contributed by atoms with Crippen LogP contribution >= 0.6 is 0 Å². The average molecular weight is 285 g/mol. The average Bonchev–Trinajstić information content (AvgIpc) is 2.44. The summed E-state index contributed by atoms with van der Waals surface area (Å²) in [7, 11) is 0. The number of benzene rings is 2. The zero-order valence-corrected chi connectivity index (χ0v) is 13.0. The number of aliphatic hydroxyl groups is 1. The van der Waals surface area contributed by atoms with Crippen LogP contribution in [-0.2, 0) is 11.2 Å². The van der Waals surface area contributed by atoms with Crippen molar-refractivity contribution in [2.24, 2.45) is 0 Å². The molecule has 0 aliphatic heterocycles. The molecule has 0 fully saturated rings. The van der Waals surface area contributed by atoms with E-state index in [1.807, 2.05) is 37.3 Å². The Kier molecular flexibility index (Phi) is 4.63. The summed E-state index contributed by atoms with van der Waals surface area (Å²) in [5.74, 6) is 0.0518. The summed E-state index contributed by atoms with van der Waals surface area (Å²) < 4.78 is 0. The van der Waals surface area contributed by atoms with Gasteiger partial charge in [-0.1, -0.05) is 42.5 Å². The van der Waals surface area contributed by atoms with Crippen LogP contribution in [0.3, 0.4) is 0 Å². The molecule has 0 aliphatic carbocycles. The predicted molar refractivity (Wildman–Crippen MR) is 86.2 cm³/mol. The molecular formula is C18H23NO2. The normalized spacial score (nSPS) is 11.6. The zero-order chi connectivity index (χ0) is 15.5. The zero-order valence-electron chi connectivity index (χ0n) is 13.0. The quantitative estimate of drug-likeness (QED) is 0.917. The molecule has 0 bridgehead atoms. The van der Waals surface area contributed by atoms with E-state index in [1.165, 1.54) is 0 Å². The van der Waals surface area contributed by atoms with Crippen molar-refractivity contribution in [1.29, 1.82) is 0 Å². The molecule has 2 aromatic rings. The molecule has 0 aromatic heterocycles. The minimum absolute atomic E-state index is 0.0518. The van der Waals surface area contributed by atoms with Crippen molar-refractivity contribution in [2.75, 3.05) is 13.1 Å². The van der Waals surface area contributed by atoms with Crippen molar-refractivity contribution in [3.63, 3.8) is 0 Å². The molecule has 3 nitrogen and oxygen atoms in total. The molecular weight excluding hydrogens is 262 g/mol. The number of amides is 1. The number of likely N-dealkylation sites (N-methyl/N-ethyl adjacent to an activating group) is 1. The lowest BCUT2D eigenvalue weighted by molar-refractivity contribution is -0.133. The van der Waals surface area contributed by atoms with Crippen LogP contribution in [0.15, 0.2) is 42.5 Å². The maximum absolute atomic E-state index is 12.5. The molecule has 2 rings (SSSR count). The van der Waals surface area contributed by atoms with Gasteiger partial charge in [-0.15, -0.1) is 0 Å². The second kappa shape index (κ2) is 6.27. The van der Waals surface area contributed by atoms with Gasteiger partial charge in [0.15, 0.2) is 0 Å². The standard InChI is InChI=1S/C18H23NO2/c1-4-19(13-18(2,3)21)17(20)12-15-10-7-9-14-8-5-6-11-16(14)15/h5-11,21H,4,12-13H2,1-3H3. The number of nitrogens with zero attached hydrogens (tertiary/aromatic N) is 1. The number of fused-ring (bicyclic) bond motifs is 1. The van der Waals surface area contributed by atoms with Gasteiger partial charge in [0.1, 0.15) is 0 Å². The molecule has 21 heavy (non-hydrogen) atoms. The largest absolute Gasteiger partial charge is 0.389 e. The van der Waals surface area contributed by atoms with E-state index in [1.54, 1.807) is 18.7 Å². The molecule has 0 radical (unpaired) electrons. The van der Waals surface area contributed by atoms with Crippen LogP contribution in [0.1, 0.15) is 26.3 Å². The van der Waals surface area contributed by atoms with Gasteiger partial charge in [-0.3, -0.25) is 4.79 Å². The van der Waals surface area contributed by atoms with Crippen molar-refractivity contribution in [2.45, 2.75) is 32.8 Å². The van der Waals surface area contributed by atoms with E-state index < -0.39 is 5.60 Å². The summed E-state index contributed by atoms with van der Waals surface area (Å²) in [6, 6.07) is 14.1. The second-order valence-corrected chi connectivity index (χ2v) is 6.04. The Hall–Kier alpha value is -1.87. The van der Waals surface area contributed by atoms with Crippen LogP contribution in [0, 0.1) is 0 Å². The Morgan fingerprint density at radius 3 is 2.48 bits per heavy atom. The van der Waals surface area contributed by atoms with Gasteiger partial charge in [-0.25, -0.2) is 0 Å². The SMILES string of the molecule is CCN(CC(C)(C)O)C(=O)Cc1cccc2ccccc12. The smallest absolute Gasteiger partial charge is 0.227 e. The summed E-state index contributed by atoms with van der Waals surface area (Å²) >= 11 is 0. The summed E-state index contributed by atoms with van der Waals surface area (Å²) in [4.78, 5) is 14.2. The van der Waals surface area contributed by atoms with E-state index in [4.69, 9.17) is 0 Å². The van der Waals surface area contributed by atoms with E-state index in [-0.39, 0.29) is 5.91 Å². The third-order valence-corrected chi connectivity index (χ3v) is 3.53. The molecule has 1 N–H and O–H groups in total. The van der Waals surface area contributed by atoms with Gasteiger partial charge >= 0.3 is 0 Å². The molecule has 0 saturated heterocycles. The minimum atomic E-state index is -0.871. The summed E-state index contributed by atoms with van der Waals surface area (Å²) in [6.07, 6.45) is 0.366. The van der Waals surface area contributed by atoms with Crippen molar-refractivity contribution < 1.29 is 9.90 Å². The molecule has 0 spiro atoms. The van der Waals surface area contributed by atoms with E-state index >= 15 is 0 Å². The van der Waals surface area contributed by atoms with Crippen LogP contribution in [0.5, 0.6) is 0 Å². The fraction of sp³-hybridized carbons (Fsp3) is 0.389. The van der Waals surface area contributed by atoms with Crippen molar-refractivity contribution in [3.05, 3.63) is 48.0 Å². The van der Waals surface area contributed by atoms with Gasteiger partial charge in [0.2, 0.25) is 5.91 Å². The van der Waals surface area contributed by atoms with Gasteiger partial charge in [0.25, 0.3) is 0 Å². The molecule has 112 valence electrons. The first-order chi connectivity index (χ1) is 9.90. The molecule has 0 aliphatic rings. The molecule has 2 aromatic carbocycles. The van der Waals surface area contributed by atoms with Gasteiger partial charge in [-0.05, 0) is 37.1 Å². The van der Waals surface area contributed by atoms with Crippen LogP contribution < -0.4 is 0 Å². The number of carbonyl (C=O) groups excluding carboxylic acids is 1.